The van der Waals surface area contributed by atoms with Gasteiger partial charge in [-0.3, -0.25) is 19.7 Å². The molecule has 0 bridgehead atoms. The van der Waals surface area contributed by atoms with Gasteiger partial charge in [0, 0.05) is 17.7 Å². The van der Waals surface area contributed by atoms with Gasteiger partial charge in [-0.2, -0.15) is 5.10 Å². The molecule has 2 aromatic heterocycles. The third-order valence-electron chi connectivity index (χ3n) is 3.50. The van der Waals surface area contributed by atoms with Crippen LogP contribution in [0.3, 0.4) is 0 Å². The maximum Gasteiger partial charge on any atom is 0.287 e. The molecule has 0 atom stereocenters. The summed E-state index contributed by atoms with van der Waals surface area (Å²) in [5.74, 6) is -0.206. The summed E-state index contributed by atoms with van der Waals surface area (Å²) in [5.41, 5.74) is 2.73. The van der Waals surface area contributed by atoms with Crippen molar-refractivity contribution in [3.8, 4) is 11.3 Å². The molecule has 0 saturated heterocycles. The van der Waals surface area contributed by atoms with Crippen molar-refractivity contribution >= 4 is 23.7 Å². The van der Waals surface area contributed by atoms with Gasteiger partial charge in [0.05, 0.1) is 23.9 Å². The first-order chi connectivity index (χ1) is 13.5. The number of hydrogen-bond donors (Lipinski definition) is 2. The van der Waals surface area contributed by atoms with Crippen molar-refractivity contribution in [2.75, 3.05) is 6.54 Å². The Labute approximate surface area is 158 Å². The summed E-state index contributed by atoms with van der Waals surface area (Å²) in [4.78, 5) is 33.6. The lowest BCUT2D eigenvalue weighted by atomic mass is 10.1. The van der Waals surface area contributed by atoms with Crippen molar-refractivity contribution < 1.29 is 23.3 Å². The number of hydrogen-bond acceptors (Lipinski definition) is 7. The molecule has 0 aliphatic carbocycles. The van der Waals surface area contributed by atoms with Gasteiger partial charge in [-0.1, -0.05) is 12.1 Å². The van der Waals surface area contributed by atoms with E-state index in [4.69, 9.17) is 8.83 Å². The molecule has 142 valence electrons. The van der Waals surface area contributed by atoms with Gasteiger partial charge in [0.1, 0.15) is 11.5 Å². The van der Waals surface area contributed by atoms with Crippen molar-refractivity contribution in [2.45, 2.75) is 0 Å². The maximum absolute atomic E-state index is 11.7. The van der Waals surface area contributed by atoms with Gasteiger partial charge < -0.3 is 14.2 Å². The molecule has 2 N–H and O–H groups in total. The van der Waals surface area contributed by atoms with E-state index in [2.05, 4.69) is 15.8 Å². The molecule has 2 amide bonds. The molecule has 0 fully saturated rings. The number of nitro benzene ring substituents is 1. The fraction of sp³-hybridized carbons (Fsp3) is 0.0556. The Bertz CT molecular complexity index is 1020. The summed E-state index contributed by atoms with van der Waals surface area (Å²) < 4.78 is 10.4. The minimum atomic E-state index is -0.540. The minimum absolute atomic E-state index is 0.0482. The Morgan fingerprint density at radius 1 is 1.18 bits per heavy atom. The number of benzene rings is 1. The average molecular weight is 382 g/mol. The van der Waals surface area contributed by atoms with Gasteiger partial charge in [-0.25, -0.2) is 5.43 Å². The van der Waals surface area contributed by atoms with E-state index in [0.717, 1.165) is 0 Å². The fourth-order valence-corrected chi connectivity index (χ4v) is 2.21. The monoisotopic (exact) mass is 382 g/mol. The standard InChI is InChI=1S/C18H14N4O6/c23-17(11-19-18(24)16-5-2-8-27-16)21-20-10-14-6-7-15(28-14)12-3-1-4-13(9-12)22(25)26/h1-10H,11H2,(H,19,24)(H,21,23)/b20-10+. The van der Waals surface area contributed by atoms with Gasteiger partial charge >= 0.3 is 0 Å². The Hall–Kier alpha value is -4.21. The normalized spacial score (nSPS) is 10.7. The third-order valence-corrected chi connectivity index (χ3v) is 3.50. The molecule has 1 aromatic carbocycles. The zero-order chi connectivity index (χ0) is 19.9. The third kappa shape index (κ3) is 4.69. The summed E-state index contributed by atoms with van der Waals surface area (Å²) >= 11 is 0. The Balaban J connectivity index is 1.52. The predicted octanol–water partition coefficient (Wildman–Crippen LogP) is 2.33. The van der Waals surface area contributed by atoms with E-state index in [1.165, 1.54) is 30.7 Å². The number of non-ortho nitro benzene ring substituents is 1. The summed E-state index contributed by atoms with van der Waals surface area (Å²) in [5, 5.41) is 16.9. The first kappa shape index (κ1) is 18.6. The number of carbonyl (C=O) groups excluding carboxylic acids is 2. The highest BCUT2D eigenvalue weighted by atomic mass is 16.6. The van der Waals surface area contributed by atoms with E-state index >= 15 is 0 Å². The van der Waals surface area contributed by atoms with Crippen molar-refractivity contribution in [3.63, 3.8) is 0 Å². The molecule has 10 heteroatoms. The van der Waals surface area contributed by atoms with E-state index in [-0.39, 0.29) is 18.0 Å². The molecule has 2 heterocycles. The Kier molecular flexibility index (Phi) is 5.60. The molecule has 3 aromatic rings. The highest BCUT2D eigenvalue weighted by Crippen LogP contribution is 2.25. The minimum Gasteiger partial charge on any atom is -0.459 e. The Morgan fingerprint density at radius 3 is 2.79 bits per heavy atom. The molecular weight excluding hydrogens is 368 g/mol. The number of nitro groups is 1. The molecule has 0 aliphatic heterocycles. The maximum atomic E-state index is 11.7. The molecule has 10 nitrogen and oxygen atoms in total. The lowest BCUT2D eigenvalue weighted by molar-refractivity contribution is -0.384. The van der Waals surface area contributed by atoms with Crippen LogP contribution in [0.2, 0.25) is 0 Å². The molecule has 3 rings (SSSR count). The van der Waals surface area contributed by atoms with Crippen LogP contribution in [0.15, 0.2) is 68.7 Å². The van der Waals surface area contributed by atoms with Gasteiger partial charge in [0.2, 0.25) is 0 Å². The van der Waals surface area contributed by atoms with Gasteiger partial charge in [-0.15, -0.1) is 0 Å². The smallest absolute Gasteiger partial charge is 0.287 e. The number of hydrazone groups is 1. The van der Waals surface area contributed by atoms with E-state index in [9.17, 15) is 19.7 Å². The summed E-state index contributed by atoms with van der Waals surface area (Å²) in [7, 11) is 0. The van der Waals surface area contributed by atoms with E-state index in [0.29, 0.717) is 17.1 Å². The highest BCUT2D eigenvalue weighted by Gasteiger charge is 2.11. The quantitative estimate of drug-likeness (QED) is 0.365. The number of carbonyl (C=O) groups is 2. The molecule has 0 saturated carbocycles. The van der Waals surface area contributed by atoms with Crippen LogP contribution in [0.5, 0.6) is 0 Å². The number of rotatable bonds is 7. The van der Waals surface area contributed by atoms with Crippen LogP contribution in [-0.4, -0.2) is 29.5 Å². The summed E-state index contributed by atoms with van der Waals surface area (Å²) in [6.07, 6.45) is 2.62. The molecule has 0 spiro atoms. The second-order valence-electron chi connectivity index (χ2n) is 5.46. The van der Waals surface area contributed by atoms with E-state index in [1.807, 2.05) is 0 Å². The molecular formula is C18H14N4O6. The first-order valence-corrected chi connectivity index (χ1v) is 8.01. The van der Waals surface area contributed by atoms with Gasteiger partial charge in [0.15, 0.2) is 5.76 Å². The zero-order valence-electron chi connectivity index (χ0n) is 14.3. The lowest BCUT2D eigenvalue weighted by Crippen LogP contribution is -2.34. The van der Waals surface area contributed by atoms with Gasteiger partial charge in [0.25, 0.3) is 17.5 Å². The van der Waals surface area contributed by atoms with Crippen LogP contribution >= 0.6 is 0 Å². The second-order valence-corrected chi connectivity index (χ2v) is 5.46. The molecule has 0 aliphatic rings. The van der Waals surface area contributed by atoms with Crippen molar-refractivity contribution in [3.05, 3.63) is 76.4 Å². The second kappa shape index (κ2) is 8.45. The van der Waals surface area contributed by atoms with Crippen LogP contribution in [0.1, 0.15) is 16.3 Å². The summed E-state index contributed by atoms with van der Waals surface area (Å²) in [6.45, 7) is -0.284. The Morgan fingerprint density at radius 2 is 2.04 bits per heavy atom. The number of amides is 2. The first-order valence-electron chi connectivity index (χ1n) is 8.01. The fourth-order valence-electron chi connectivity index (χ4n) is 2.21. The molecule has 0 radical (unpaired) electrons. The van der Waals surface area contributed by atoms with Crippen molar-refractivity contribution in [2.24, 2.45) is 5.10 Å². The lowest BCUT2D eigenvalue weighted by Gasteiger charge is -2.01. The van der Waals surface area contributed by atoms with Crippen molar-refractivity contribution in [1.29, 1.82) is 0 Å². The van der Waals surface area contributed by atoms with E-state index < -0.39 is 16.7 Å². The number of nitrogens with zero attached hydrogens (tertiary/aromatic N) is 2. The van der Waals surface area contributed by atoms with Crippen LogP contribution in [-0.2, 0) is 4.79 Å². The summed E-state index contributed by atoms with van der Waals surface area (Å²) in [6, 6.07) is 12.3. The topological polar surface area (TPSA) is 140 Å². The van der Waals surface area contributed by atoms with Crippen LogP contribution < -0.4 is 10.7 Å². The molecule has 0 unspecified atom stereocenters. The van der Waals surface area contributed by atoms with Crippen LogP contribution in [0, 0.1) is 10.1 Å². The van der Waals surface area contributed by atoms with Crippen LogP contribution in [0.4, 0.5) is 5.69 Å². The predicted molar refractivity (Wildman–Crippen MR) is 97.6 cm³/mol. The van der Waals surface area contributed by atoms with Crippen LogP contribution in [0.25, 0.3) is 11.3 Å². The van der Waals surface area contributed by atoms with E-state index in [1.54, 1.807) is 30.3 Å². The van der Waals surface area contributed by atoms with Crippen molar-refractivity contribution in [1.82, 2.24) is 10.7 Å². The number of nitrogens with one attached hydrogen (secondary N) is 2. The highest BCUT2D eigenvalue weighted by molar-refractivity contribution is 5.94. The SMILES string of the molecule is O=C(CNC(=O)c1ccco1)N/N=C/c1ccc(-c2cccc([N+](=O)[O-])c2)o1. The average Bonchev–Trinajstić information content (AvgIpc) is 3.38. The number of furan rings is 2. The molecule has 28 heavy (non-hydrogen) atoms. The largest absolute Gasteiger partial charge is 0.459 e. The zero-order valence-corrected chi connectivity index (χ0v) is 14.3. The van der Waals surface area contributed by atoms with Gasteiger partial charge in [-0.05, 0) is 24.3 Å².